The third-order valence-electron chi connectivity index (χ3n) is 3.27. The molecule has 0 saturated carbocycles. The summed E-state index contributed by atoms with van der Waals surface area (Å²) < 4.78 is 40.4. The van der Waals surface area contributed by atoms with Crippen molar-refractivity contribution in [3.8, 4) is 5.69 Å². The van der Waals surface area contributed by atoms with Crippen molar-refractivity contribution in [1.29, 1.82) is 0 Å². The first-order chi connectivity index (χ1) is 9.86. The van der Waals surface area contributed by atoms with E-state index in [0.29, 0.717) is 15.8 Å². The second-order valence-corrected chi connectivity index (χ2v) is 5.22. The van der Waals surface area contributed by atoms with Gasteiger partial charge in [0.15, 0.2) is 4.77 Å². The zero-order chi connectivity index (χ0) is 15.2. The number of alkyl halides is 3. The number of halogens is 3. The van der Waals surface area contributed by atoms with Crippen molar-refractivity contribution < 1.29 is 13.2 Å². The van der Waals surface area contributed by atoms with Gasteiger partial charge in [-0.25, -0.2) is 0 Å². The summed E-state index contributed by atoms with van der Waals surface area (Å²) >= 11 is 5.24. The molecule has 0 bridgehead atoms. The van der Waals surface area contributed by atoms with Gasteiger partial charge in [0.1, 0.15) is 0 Å². The molecule has 0 atom stereocenters. The maximum atomic E-state index is 12.8. The largest absolute Gasteiger partial charge is 0.416 e. The first kappa shape index (κ1) is 13.9. The van der Waals surface area contributed by atoms with Crippen LogP contribution in [-0.4, -0.2) is 9.55 Å². The Morgan fingerprint density at radius 3 is 2.52 bits per heavy atom. The van der Waals surface area contributed by atoms with Crippen LogP contribution in [0, 0.1) is 11.7 Å². The van der Waals surface area contributed by atoms with Crippen LogP contribution in [0.3, 0.4) is 0 Å². The number of nitrogens with zero attached hydrogens (tertiary/aromatic N) is 1. The maximum Gasteiger partial charge on any atom is 0.416 e. The average molecular weight is 308 g/mol. The minimum Gasteiger partial charge on any atom is -0.330 e. The number of nitrogens with one attached hydrogen (secondary N) is 1. The molecule has 6 heteroatoms. The van der Waals surface area contributed by atoms with E-state index in [1.165, 1.54) is 6.07 Å². The summed E-state index contributed by atoms with van der Waals surface area (Å²) in [6.45, 7) is 1.95. The number of hydrogen-bond donors (Lipinski definition) is 1. The van der Waals surface area contributed by atoms with Gasteiger partial charge in [0.2, 0.25) is 0 Å². The van der Waals surface area contributed by atoms with Crippen LogP contribution in [0.1, 0.15) is 11.1 Å². The predicted octanol–water partition coefficient (Wildman–Crippen LogP) is 5.02. The molecule has 0 radical (unpaired) electrons. The van der Waals surface area contributed by atoms with E-state index in [0.717, 1.165) is 23.4 Å². The molecular formula is C15H11F3N2S. The number of aromatic nitrogens is 2. The molecule has 108 valence electrons. The molecular weight excluding hydrogens is 297 g/mol. The van der Waals surface area contributed by atoms with Crippen molar-refractivity contribution in [3.05, 3.63) is 58.4 Å². The minimum atomic E-state index is -4.37. The summed E-state index contributed by atoms with van der Waals surface area (Å²) in [6.07, 6.45) is -4.37. The van der Waals surface area contributed by atoms with Crippen molar-refractivity contribution in [3.63, 3.8) is 0 Å². The van der Waals surface area contributed by atoms with Gasteiger partial charge >= 0.3 is 6.18 Å². The highest BCUT2D eigenvalue weighted by Gasteiger charge is 2.30. The third-order valence-corrected chi connectivity index (χ3v) is 3.55. The van der Waals surface area contributed by atoms with E-state index in [9.17, 15) is 13.2 Å². The van der Waals surface area contributed by atoms with Crippen molar-refractivity contribution in [1.82, 2.24) is 9.55 Å². The molecule has 2 nitrogen and oxygen atoms in total. The van der Waals surface area contributed by atoms with Gasteiger partial charge in [0.25, 0.3) is 0 Å². The van der Waals surface area contributed by atoms with Crippen molar-refractivity contribution in [2.45, 2.75) is 13.1 Å². The van der Waals surface area contributed by atoms with Crippen LogP contribution in [0.4, 0.5) is 13.2 Å². The molecule has 1 N–H and O–H groups in total. The summed E-state index contributed by atoms with van der Waals surface area (Å²) in [5.41, 5.74) is 2.18. The Labute approximate surface area is 123 Å². The predicted molar refractivity (Wildman–Crippen MR) is 78.2 cm³/mol. The van der Waals surface area contributed by atoms with Crippen LogP contribution in [0.25, 0.3) is 16.7 Å². The summed E-state index contributed by atoms with van der Waals surface area (Å²) in [7, 11) is 0. The molecule has 0 saturated heterocycles. The Hall–Kier alpha value is -2.08. The van der Waals surface area contributed by atoms with Crippen LogP contribution >= 0.6 is 12.2 Å². The zero-order valence-electron chi connectivity index (χ0n) is 11.0. The van der Waals surface area contributed by atoms with Crippen LogP contribution in [0.15, 0.2) is 42.5 Å². The van der Waals surface area contributed by atoms with Crippen molar-refractivity contribution in [2.75, 3.05) is 0 Å². The Bertz CT molecular complexity index is 874. The summed E-state index contributed by atoms with van der Waals surface area (Å²) in [5, 5.41) is 0. The molecule has 3 rings (SSSR count). The molecule has 0 aliphatic heterocycles. The topological polar surface area (TPSA) is 20.7 Å². The lowest BCUT2D eigenvalue weighted by Crippen LogP contribution is -2.04. The van der Waals surface area contributed by atoms with Gasteiger partial charge in [-0.2, -0.15) is 13.2 Å². The number of benzene rings is 2. The number of aromatic amines is 1. The van der Waals surface area contributed by atoms with Crippen molar-refractivity contribution >= 4 is 23.3 Å². The van der Waals surface area contributed by atoms with E-state index in [1.807, 2.05) is 31.2 Å². The number of hydrogen-bond acceptors (Lipinski definition) is 1. The standard InChI is InChI=1S/C15H11F3N2S/c1-9-3-2-4-11(7-9)20-13-6-5-10(15(16,17)18)8-12(13)19-14(20)21/h2-8H,1H3,(H,19,21). The molecule has 0 spiro atoms. The van der Waals surface area contributed by atoms with Crippen molar-refractivity contribution in [2.24, 2.45) is 0 Å². The number of aryl methyl sites for hydroxylation is 1. The molecule has 0 aliphatic carbocycles. The number of imidazole rings is 1. The number of fused-ring (bicyclic) bond motifs is 1. The van der Waals surface area contributed by atoms with E-state index < -0.39 is 11.7 Å². The van der Waals surface area contributed by atoms with Crippen LogP contribution in [-0.2, 0) is 6.18 Å². The summed E-state index contributed by atoms with van der Waals surface area (Å²) in [6, 6.07) is 11.2. The summed E-state index contributed by atoms with van der Waals surface area (Å²) in [4.78, 5) is 2.84. The molecule has 1 heterocycles. The molecule has 1 aromatic heterocycles. The van der Waals surface area contributed by atoms with Crippen LogP contribution < -0.4 is 0 Å². The molecule has 0 aliphatic rings. The van der Waals surface area contributed by atoms with Gasteiger partial charge in [-0.1, -0.05) is 12.1 Å². The highest BCUT2D eigenvalue weighted by molar-refractivity contribution is 7.71. The van der Waals surface area contributed by atoms with E-state index >= 15 is 0 Å². The maximum absolute atomic E-state index is 12.8. The van der Waals surface area contributed by atoms with E-state index in [1.54, 1.807) is 4.57 Å². The highest BCUT2D eigenvalue weighted by atomic mass is 32.1. The molecule has 0 amide bonds. The van der Waals surface area contributed by atoms with E-state index in [4.69, 9.17) is 12.2 Å². The van der Waals surface area contributed by atoms with Crippen LogP contribution in [0.5, 0.6) is 0 Å². The Morgan fingerprint density at radius 1 is 1.10 bits per heavy atom. The normalized spacial score (nSPS) is 12.0. The van der Waals surface area contributed by atoms with Gasteiger partial charge in [-0.05, 0) is 55.0 Å². The minimum absolute atomic E-state index is 0.370. The lowest BCUT2D eigenvalue weighted by atomic mass is 10.2. The van der Waals surface area contributed by atoms with Gasteiger partial charge in [0.05, 0.1) is 16.6 Å². The van der Waals surface area contributed by atoms with E-state index in [-0.39, 0.29) is 0 Å². The molecule has 0 unspecified atom stereocenters. The highest BCUT2D eigenvalue weighted by Crippen LogP contribution is 2.31. The Balaban J connectivity index is 2.26. The van der Waals surface area contributed by atoms with Gasteiger partial charge in [-0.15, -0.1) is 0 Å². The molecule has 2 aromatic carbocycles. The fraction of sp³-hybridized carbons (Fsp3) is 0.133. The van der Waals surface area contributed by atoms with Gasteiger partial charge in [-0.3, -0.25) is 4.57 Å². The van der Waals surface area contributed by atoms with E-state index in [2.05, 4.69) is 4.98 Å². The first-order valence-corrected chi connectivity index (χ1v) is 6.66. The number of H-pyrrole nitrogens is 1. The lowest BCUT2D eigenvalue weighted by molar-refractivity contribution is -0.137. The monoisotopic (exact) mass is 308 g/mol. The quantitative estimate of drug-likeness (QED) is 0.626. The Kier molecular flexibility index (Phi) is 3.13. The van der Waals surface area contributed by atoms with Gasteiger partial charge < -0.3 is 4.98 Å². The molecule has 21 heavy (non-hydrogen) atoms. The summed E-state index contributed by atoms with van der Waals surface area (Å²) in [5.74, 6) is 0. The third kappa shape index (κ3) is 2.47. The Morgan fingerprint density at radius 2 is 1.86 bits per heavy atom. The smallest absolute Gasteiger partial charge is 0.330 e. The van der Waals surface area contributed by atoms with Gasteiger partial charge in [0, 0.05) is 5.69 Å². The molecule has 3 aromatic rings. The number of rotatable bonds is 1. The first-order valence-electron chi connectivity index (χ1n) is 6.25. The lowest BCUT2D eigenvalue weighted by Gasteiger charge is -2.08. The fourth-order valence-corrected chi connectivity index (χ4v) is 2.63. The SMILES string of the molecule is Cc1cccc(-n2c(=S)[nH]c3cc(C(F)(F)F)ccc32)c1. The second-order valence-electron chi connectivity index (χ2n) is 4.83. The average Bonchev–Trinajstić information content (AvgIpc) is 2.72. The van der Waals surface area contributed by atoms with Crippen LogP contribution in [0.2, 0.25) is 0 Å². The zero-order valence-corrected chi connectivity index (χ0v) is 11.8. The molecule has 0 fully saturated rings. The fourth-order valence-electron chi connectivity index (χ4n) is 2.31. The second kappa shape index (κ2) is 4.73.